The first-order valence-electron chi connectivity index (χ1n) is 8.06. The standard InChI is InChI=1S/C19H24N2O/c20-10-8-16-4-3-7-19(14-16)22-13-12-21-11-9-17-5-1-2-6-18(17)15-21/h1-7,14H,8-13,15,20H2. The van der Waals surface area contributed by atoms with E-state index < -0.39 is 0 Å². The number of ether oxygens (including phenoxy) is 1. The summed E-state index contributed by atoms with van der Waals surface area (Å²) in [5, 5.41) is 0. The normalized spacial score (nSPS) is 14.6. The molecule has 0 amide bonds. The lowest BCUT2D eigenvalue weighted by molar-refractivity contribution is 0.196. The molecule has 0 unspecified atom stereocenters. The quantitative estimate of drug-likeness (QED) is 0.890. The number of hydrogen-bond acceptors (Lipinski definition) is 3. The Kier molecular flexibility index (Phi) is 5.09. The Morgan fingerprint density at radius 1 is 1.05 bits per heavy atom. The molecule has 1 aliphatic rings. The van der Waals surface area contributed by atoms with E-state index in [9.17, 15) is 0 Å². The molecule has 1 aliphatic heterocycles. The van der Waals surface area contributed by atoms with E-state index >= 15 is 0 Å². The highest BCUT2D eigenvalue weighted by Gasteiger charge is 2.15. The van der Waals surface area contributed by atoms with E-state index in [4.69, 9.17) is 10.5 Å². The van der Waals surface area contributed by atoms with Gasteiger partial charge < -0.3 is 10.5 Å². The zero-order chi connectivity index (χ0) is 15.2. The van der Waals surface area contributed by atoms with Gasteiger partial charge in [-0.1, -0.05) is 36.4 Å². The van der Waals surface area contributed by atoms with Crippen molar-refractivity contribution in [3.8, 4) is 5.75 Å². The van der Waals surface area contributed by atoms with Crippen LogP contribution in [0.15, 0.2) is 48.5 Å². The summed E-state index contributed by atoms with van der Waals surface area (Å²) >= 11 is 0. The van der Waals surface area contributed by atoms with Crippen LogP contribution >= 0.6 is 0 Å². The van der Waals surface area contributed by atoms with Crippen molar-refractivity contribution in [1.82, 2.24) is 4.90 Å². The van der Waals surface area contributed by atoms with Crippen molar-refractivity contribution in [2.45, 2.75) is 19.4 Å². The van der Waals surface area contributed by atoms with Gasteiger partial charge in [-0.3, -0.25) is 4.90 Å². The molecular weight excluding hydrogens is 272 g/mol. The third-order valence-corrected chi connectivity index (χ3v) is 4.22. The minimum atomic E-state index is 0.677. The van der Waals surface area contributed by atoms with Crippen molar-refractivity contribution in [2.24, 2.45) is 5.73 Å². The van der Waals surface area contributed by atoms with Crippen molar-refractivity contribution < 1.29 is 4.74 Å². The fourth-order valence-electron chi connectivity index (χ4n) is 3.00. The van der Waals surface area contributed by atoms with E-state index in [1.165, 1.54) is 16.7 Å². The first-order valence-corrected chi connectivity index (χ1v) is 8.06. The molecule has 2 N–H and O–H groups in total. The van der Waals surface area contributed by atoms with E-state index in [1.807, 2.05) is 12.1 Å². The molecule has 0 saturated carbocycles. The second-order valence-electron chi connectivity index (χ2n) is 5.83. The molecule has 1 heterocycles. The molecule has 2 aromatic carbocycles. The highest BCUT2D eigenvalue weighted by atomic mass is 16.5. The molecule has 0 radical (unpaired) electrons. The van der Waals surface area contributed by atoms with Gasteiger partial charge in [-0.15, -0.1) is 0 Å². The van der Waals surface area contributed by atoms with Crippen LogP contribution < -0.4 is 10.5 Å². The number of nitrogens with two attached hydrogens (primary N) is 1. The van der Waals surface area contributed by atoms with Crippen LogP contribution in [0.1, 0.15) is 16.7 Å². The lowest BCUT2D eigenvalue weighted by atomic mass is 10.0. The van der Waals surface area contributed by atoms with Gasteiger partial charge in [0.2, 0.25) is 0 Å². The Morgan fingerprint density at radius 3 is 2.77 bits per heavy atom. The Bertz CT molecular complexity index is 612. The number of fused-ring (bicyclic) bond motifs is 1. The Labute approximate surface area is 132 Å². The van der Waals surface area contributed by atoms with E-state index in [1.54, 1.807) is 0 Å². The average Bonchev–Trinajstić information content (AvgIpc) is 2.55. The first kappa shape index (κ1) is 15.1. The van der Waals surface area contributed by atoms with Gasteiger partial charge in [0.25, 0.3) is 0 Å². The molecule has 0 spiro atoms. The Morgan fingerprint density at radius 2 is 1.91 bits per heavy atom. The summed E-state index contributed by atoms with van der Waals surface area (Å²) < 4.78 is 5.90. The van der Waals surface area contributed by atoms with E-state index in [-0.39, 0.29) is 0 Å². The Balaban J connectivity index is 1.49. The highest BCUT2D eigenvalue weighted by Crippen LogP contribution is 2.18. The molecule has 116 valence electrons. The first-order chi connectivity index (χ1) is 10.8. The number of nitrogens with zero attached hydrogens (tertiary/aromatic N) is 1. The summed E-state index contributed by atoms with van der Waals surface area (Å²) in [6.07, 6.45) is 2.04. The summed E-state index contributed by atoms with van der Waals surface area (Å²) in [5.74, 6) is 0.948. The van der Waals surface area contributed by atoms with E-state index in [0.29, 0.717) is 6.54 Å². The van der Waals surface area contributed by atoms with Crippen molar-refractivity contribution in [3.63, 3.8) is 0 Å². The molecule has 0 bridgehead atoms. The molecule has 3 heteroatoms. The van der Waals surface area contributed by atoms with Crippen LogP contribution in [-0.4, -0.2) is 31.1 Å². The second-order valence-corrected chi connectivity index (χ2v) is 5.83. The predicted octanol–water partition coefficient (Wildman–Crippen LogP) is 2.62. The van der Waals surface area contributed by atoms with Crippen LogP contribution in [0, 0.1) is 0 Å². The van der Waals surface area contributed by atoms with Crippen molar-refractivity contribution in [2.75, 3.05) is 26.2 Å². The topological polar surface area (TPSA) is 38.5 Å². The van der Waals surface area contributed by atoms with Gasteiger partial charge in [-0.05, 0) is 48.2 Å². The second kappa shape index (κ2) is 7.43. The molecule has 3 rings (SSSR count). The largest absolute Gasteiger partial charge is 0.492 e. The van der Waals surface area contributed by atoms with Gasteiger partial charge >= 0.3 is 0 Å². The summed E-state index contributed by atoms with van der Waals surface area (Å²) in [5.41, 5.74) is 9.79. The van der Waals surface area contributed by atoms with Crippen LogP contribution in [0.3, 0.4) is 0 Å². The van der Waals surface area contributed by atoms with Gasteiger partial charge in [-0.2, -0.15) is 0 Å². The summed E-state index contributed by atoms with van der Waals surface area (Å²) in [4.78, 5) is 2.46. The molecule has 3 nitrogen and oxygen atoms in total. The third-order valence-electron chi connectivity index (χ3n) is 4.22. The molecule has 0 aliphatic carbocycles. The third kappa shape index (κ3) is 3.87. The molecule has 0 atom stereocenters. The van der Waals surface area contributed by atoms with Crippen LogP contribution in [0.5, 0.6) is 5.75 Å². The van der Waals surface area contributed by atoms with Crippen molar-refractivity contribution in [1.29, 1.82) is 0 Å². The monoisotopic (exact) mass is 296 g/mol. The lowest BCUT2D eigenvalue weighted by Gasteiger charge is -2.28. The Hall–Kier alpha value is -1.84. The van der Waals surface area contributed by atoms with Gasteiger partial charge in [0, 0.05) is 19.6 Å². The minimum absolute atomic E-state index is 0.677. The van der Waals surface area contributed by atoms with Crippen LogP contribution in [0.25, 0.3) is 0 Å². The van der Waals surface area contributed by atoms with E-state index in [0.717, 1.165) is 44.8 Å². The van der Waals surface area contributed by atoms with Crippen LogP contribution in [-0.2, 0) is 19.4 Å². The van der Waals surface area contributed by atoms with Gasteiger partial charge in [0.05, 0.1) is 0 Å². The average molecular weight is 296 g/mol. The minimum Gasteiger partial charge on any atom is -0.492 e. The smallest absolute Gasteiger partial charge is 0.119 e. The summed E-state index contributed by atoms with van der Waals surface area (Å²) in [7, 11) is 0. The molecule has 22 heavy (non-hydrogen) atoms. The zero-order valence-electron chi connectivity index (χ0n) is 13.0. The maximum absolute atomic E-state index is 5.90. The molecule has 0 fully saturated rings. The fourth-order valence-corrected chi connectivity index (χ4v) is 3.00. The van der Waals surface area contributed by atoms with E-state index in [2.05, 4.69) is 41.3 Å². The van der Waals surface area contributed by atoms with Crippen LogP contribution in [0.4, 0.5) is 0 Å². The predicted molar refractivity (Wildman–Crippen MR) is 90.1 cm³/mol. The van der Waals surface area contributed by atoms with Crippen molar-refractivity contribution in [3.05, 3.63) is 65.2 Å². The maximum Gasteiger partial charge on any atom is 0.119 e. The fraction of sp³-hybridized carbons (Fsp3) is 0.368. The number of hydrogen-bond donors (Lipinski definition) is 1. The lowest BCUT2D eigenvalue weighted by Crippen LogP contribution is -2.33. The van der Waals surface area contributed by atoms with Crippen molar-refractivity contribution >= 4 is 0 Å². The van der Waals surface area contributed by atoms with Gasteiger partial charge in [0.1, 0.15) is 12.4 Å². The highest BCUT2D eigenvalue weighted by molar-refractivity contribution is 5.30. The number of benzene rings is 2. The molecular formula is C19H24N2O. The number of rotatable bonds is 6. The maximum atomic E-state index is 5.90. The molecule has 0 aromatic heterocycles. The zero-order valence-corrected chi connectivity index (χ0v) is 13.0. The SMILES string of the molecule is NCCc1cccc(OCCN2CCc3ccccc3C2)c1. The molecule has 2 aromatic rings. The van der Waals surface area contributed by atoms with Gasteiger partial charge in [-0.25, -0.2) is 0 Å². The molecule has 0 saturated heterocycles. The summed E-state index contributed by atoms with van der Waals surface area (Å²) in [6, 6.07) is 17.0. The van der Waals surface area contributed by atoms with Crippen LogP contribution in [0.2, 0.25) is 0 Å². The summed E-state index contributed by atoms with van der Waals surface area (Å²) in [6.45, 7) is 4.53. The van der Waals surface area contributed by atoms with Gasteiger partial charge in [0.15, 0.2) is 0 Å².